The van der Waals surface area contributed by atoms with Crippen molar-refractivity contribution in [3.8, 4) is 0 Å². The van der Waals surface area contributed by atoms with E-state index in [4.69, 9.17) is 9.97 Å². The lowest BCUT2D eigenvalue weighted by molar-refractivity contribution is -0.117. The van der Waals surface area contributed by atoms with Crippen LogP contribution in [0.15, 0.2) is 40.4 Å². The number of nitrogens with zero attached hydrogens (tertiary/aromatic N) is 4. The predicted molar refractivity (Wildman–Crippen MR) is 131 cm³/mol. The number of benzene rings is 1. The first-order chi connectivity index (χ1) is 16.0. The average Bonchev–Trinajstić information content (AvgIpc) is 3.60. The molecule has 1 saturated heterocycles. The molecule has 0 radical (unpaired) electrons. The van der Waals surface area contributed by atoms with Gasteiger partial charge in [0.25, 0.3) is 0 Å². The number of rotatable bonds is 7. The summed E-state index contributed by atoms with van der Waals surface area (Å²) in [7, 11) is 0. The molecule has 3 N–H and O–H groups in total. The molecule has 33 heavy (non-hydrogen) atoms. The molecule has 0 spiro atoms. The highest BCUT2D eigenvalue weighted by atomic mass is 32.2. The first-order valence-electron chi connectivity index (χ1n) is 11.6. The van der Waals surface area contributed by atoms with Crippen molar-refractivity contribution in [3.63, 3.8) is 0 Å². The van der Waals surface area contributed by atoms with Crippen molar-refractivity contribution in [1.29, 1.82) is 0 Å². The smallest absolute Gasteiger partial charge is 0.227 e. The molecule has 3 heterocycles. The second-order valence-electron chi connectivity index (χ2n) is 8.80. The van der Waals surface area contributed by atoms with Gasteiger partial charge in [0.1, 0.15) is 11.6 Å². The Bertz CT molecular complexity index is 1130. The Morgan fingerprint density at radius 2 is 1.85 bits per heavy atom. The van der Waals surface area contributed by atoms with Crippen LogP contribution in [0.1, 0.15) is 43.4 Å². The fourth-order valence-corrected chi connectivity index (χ4v) is 4.72. The van der Waals surface area contributed by atoms with Crippen LogP contribution >= 0.6 is 11.8 Å². The molecule has 1 aliphatic heterocycles. The number of carbonyl (C=O) groups is 1. The van der Waals surface area contributed by atoms with Crippen LogP contribution in [0.25, 0.3) is 0 Å². The van der Waals surface area contributed by atoms with Crippen LogP contribution in [0.2, 0.25) is 0 Å². The average molecular weight is 464 g/mol. The van der Waals surface area contributed by atoms with E-state index in [1.807, 2.05) is 37.3 Å². The summed E-state index contributed by atoms with van der Waals surface area (Å²) in [6, 6.07) is 9.84. The number of nitrogens with one attached hydrogen (secondary N) is 3. The Labute approximate surface area is 198 Å². The molecule has 2 fully saturated rings. The van der Waals surface area contributed by atoms with Crippen molar-refractivity contribution in [2.75, 3.05) is 28.6 Å². The summed E-state index contributed by atoms with van der Waals surface area (Å²) >= 11 is 1.52. The van der Waals surface area contributed by atoms with Crippen molar-refractivity contribution in [2.45, 2.75) is 56.0 Å². The number of anilines is 4. The van der Waals surface area contributed by atoms with Gasteiger partial charge in [0, 0.05) is 46.9 Å². The van der Waals surface area contributed by atoms with Gasteiger partial charge in [-0.15, -0.1) is 0 Å². The van der Waals surface area contributed by atoms with Crippen LogP contribution in [-0.4, -0.2) is 39.2 Å². The minimum Gasteiger partial charge on any atom is -0.356 e. The number of H-pyrrole nitrogens is 1. The number of aromatic amines is 1. The lowest BCUT2D eigenvalue weighted by Crippen LogP contribution is -2.31. The van der Waals surface area contributed by atoms with Crippen LogP contribution in [0.5, 0.6) is 0 Å². The molecule has 8 nitrogen and oxygen atoms in total. The lowest BCUT2D eigenvalue weighted by atomic mass is 10.1. The van der Waals surface area contributed by atoms with E-state index in [1.54, 1.807) is 0 Å². The van der Waals surface area contributed by atoms with Gasteiger partial charge in [0.15, 0.2) is 11.0 Å². The second kappa shape index (κ2) is 9.43. The fraction of sp³-hybridized carbons (Fsp3) is 0.417. The van der Waals surface area contributed by atoms with E-state index in [2.05, 4.69) is 32.7 Å². The number of hydrogen-bond acceptors (Lipinski definition) is 7. The van der Waals surface area contributed by atoms with Crippen molar-refractivity contribution >= 4 is 40.8 Å². The predicted octanol–water partition coefficient (Wildman–Crippen LogP) is 5.05. The number of piperidine rings is 1. The summed E-state index contributed by atoms with van der Waals surface area (Å²) in [6.45, 7) is 6.07. The molecule has 3 aromatic rings. The summed E-state index contributed by atoms with van der Waals surface area (Å²) in [5, 5.41) is 14.3. The van der Waals surface area contributed by atoms with E-state index in [9.17, 15) is 4.79 Å². The highest BCUT2D eigenvalue weighted by Gasteiger charge is 2.29. The molecule has 1 aromatic carbocycles. The Kier molecular flexibility index (Phi) is 6.22. The van der Waals surface area contributed by atoms with E-state index >= 15 is 0 Å². The molecular weight excluding hydrogens is 434 g/mol. The van der Waals surface area contributed by atoms with Crippen molar-refractivity contribution in [2.24, 2.45) is 5.92 Å². The highest BCUT2D eigenvalue weighted by molar-refractivity contribution is 7.99. The summed E-state index contributed by atoms with van der Waals surface area (Å²) in [4.78, 5) is 25.2. The molecular formula is C24H29N7OS. The summed E-state index contributed by atoms with van der Waals surface area (Å²) in [5.41, 5.74) is 2.84. The monoisotopic (exact) mass is 463 g/mol. The lowest BCUT2D eigenvalue weighted by Gasteiger charge is -2.29. The van der Waals surface area contributed by atoms with Crippen LogP contribution in [-0.2, 0) is 4.79 Å². The van der Waals surface area contributed by atoms with Gasteiger partial charge in [-0.1, -0.05) is 0 Å². The van der Waals surface area contributed by atoms with E-state index < -0.39 is 0 Å². The minimum atomic E-state index is 0.118. The Hall–Kier alpha value is -3.07. The molecule has 2 aliphatic rings. The third-order valence-corrected chi connectivity index (χ3v) is 6.86. The van der Waals surface area contributed by atoms with Gasteiger partial charge in [-0.3, -0.25) is 9.89 Å². The topological polar surface area (TPSA) is 98.8 Å². The zero-order valence-electron chi connectivity index (χ0n) is 19.0. The summed E-state index contributed by atoms with van der Waals surface area (Å²) in [5.74, 6) is 2.80. The van der Waals surface area contributed by atoms with Gasteiger partial charge in [0.05, 0.1) is 0 Å². The largest absolute Gasteiger partial charge is 0.356 e. The molecule has 0 atom stereocenters. The van der Waals surface area contributed by atoms with E-state index in [0.29, 0.717) is 5.16 Å². The Balaban J connectivity index is 1.39. The van der Waals surface area contributed by atoms with Crippen LogP contribution < -0.4 is 15.5 Å². The first-order valence-corrected chi connectivity index (χ1v) is 12.4. The Morgan fingerprint density at radius 1 is 1.09 bits per heavy atom. The maximum Gasteiger partial charge on any atom is 0.227 e. The van der Waals surface area contributed by atoms with E-state index in [0.717, 1.165) is 65.2 Å². The van der Waals surface area contributed by atoms with Crippen molar-refractivity contribution in [3.05, 3.63) is 41.6 Å². The third kappa shape index (κ3) is 5.30. The zero-order valence-corrected chi connectivity index (χ0v) is 19.8. The van der Waals surface area contributed by atoms with Crippen LogP contribution in [0.3, 0.4) is 0 Å². The molecule has 9 heteroatoms. The van der Waals surface area contributed by atoms with Crippen molar-refractivity contribution < 1.29 is 4.79 Å². The molecule has 2 aromatic heterocycles. The van der Waals surface area contributed by atoms with Crippen LogP contribution in [0, 0.1) is 19.8 Å². The maximum absolute atomic E-state index is 12.0. The van der Waals surface area contributed by atoms with E-state index in [-0.39, 0.29) is 11.8 Å². The summed E-state index contributed by atoms with van der Waals surface area (Å²) in [6.07, 6.45) is 5.63. The number of amides is 1. The number of carbonyl (C=O) groups excluding carboxylic acids is 1. The van der Waals surface area contributed by atoms with Gasteiger partial charge in [-0.05, 0) is 82.0 Å². The number of aromatic nitrogens is 4. The van der Waals surface area contributed by atoms with Gasteiger partial charge in [0.2, 0.25) is 5.91 Å². The van der Waals surface area contributed by atoms with Gasteiger partial charge < -0.3 is 15.5 Å². The van der Waals surface area contributed by atoms with Gasteiger partial charge in [-0.2, -0.15) is 5.10 Å². The second-order valence-corrected chi connectivity index (χ2v) is 9.84. The molecule has 1 saturated carbocycles. The van der Waals surface area contributed by atoms with Crippen LogP contribution in [0.4, 0.5) is 23.1 Å². The quantitative estimate of drug-likeness (QED) is 0.422. The number of aryl methyl sites for hydroxylation is 1. The maximum atomic E-state index is 12.0. The number of hydrogen-bond donors (Lipinski definition) is 3. The normalized spacial score (nSPS) is 16.0. The molecule has 1 aliphatic carbocycles. The Morgan fingerprint density at radius 3 is 2.52 bits per heavy atom. The minimum absolute atomic E-state index is 0.118. The highest BCUT2D eigenvalue weighted by Crippen LogP contribution is 2.34. The molecule has 1 amide bonds. The van der Waals surface area contributed by atoms with Crippen molar-refractivity contribution in [1.82, 2.24) is 20.2 Å². The molecule has 0 bridgehead atoms. The third-order valence-electron chi connectivity index (χ3n) is 5.99. The molecule has 5 rings (SSSR count). The van der Waals surface area contributed by atoms with E-state index in [1.165, 1.54) is 31.0 Å². The molecule has 0 unspecified atom stereocenters. The molecule has 172 valence electrons. The first kappa shape index (κ1) is 21.8. The SMILES string of the molecule is Cc1cc(Nc2nc(Sc3ccc(NC(=O)C4CC4)cc3)nc(N3CCCCC3)c2C)n[nH]1. The standard InChI is InChI=1S/C24H29N7OS/c1-15-14-20(30-29-15)26-21-16(2)22(31-12-4-3-5-13-31)28-24(27-21)33-19-10-8-18(9-11-19)25-23(32)17-6-7-17/h8-11,14,17H,3-7,12-13H2,1-2H3,(H,25,32)(H2,26,27,28,29,30). The van der Waals surface area contributed by atoms with Gasteiger partial charge >= 0.3 is 0 Å². The zero-order chi connectivity index (χ0) is 22.8. The summed E-state index contributed by atoms with van der Waals surface area (Å²) < 4.78 is 0. The fourth-order valence-electron chi connectivity index (χ4n) is 3.97. The van der Waals surface area contributed by atoms with Gasteiger partial charge in [-0.25, -0.2) is 9.97 Å².